The van der Waals surface area contributed by atoms with Gasteiger partial charge in [-0.05, 0) is 64.7 Å². The fourth-order valence-corrected chi connectivity index (χ4v) is 7.20. The van der Waals surface area contributed by atoms with E-state index in [1.807, 2.05) is 12.1 Å². The Morgan fingerprint density at radius 2 is 0.979 bits per heavy atom. The van der Waals surface area contributed by atoms with Gasteiger partial charge in [0.25, 0.3) is 0 Å². The van der Waals surface area contributed by atoms with Crippen molar-refractivity contribution in [3.8, 4) is 33.8 Å². The van der Waals surface area contributed by atoms with E-state index in [1.54, 1.807) is 0 Å². The van der Waals surface area contributed by atoms with Gasteiger partial charge >= 0.3 is 0 Å². The molecule has 1 aromatic heterocycles. The van der Waals surface area contributed by atoms with Gasteiger partial charge in [-0.1, -0.05) is 129 Å². The third-order valence-corrected chi connectivity index (χ3v) is 9.74. The van der Waals surface area contributed by atoms with Crippen molar-refractivity contribution in [1.82, 2.24) is 0 Å². The molecule has 48 heavy (non-hydrogen) atoms. The highest BCUT2D eigenvalue weighted by atomic mass is 16.5. The van der Waals surface area contributed by atoms with Crippen LogP contribution in [0.3, 0.4) is 0 Å². The molecule has 0 saturated carbocycles. The molecule has 0 saturated heterocycles. The van der Waals surface area contributed by atoms with E-state index in [-0.39, 0.29) is 5.41 Å². The van der Waals surface area contributed by atoms with Crippen LogP contribution in [0.4, 0.5) is 17.1 Å². The fraction of sp³-hybridized carbons (Fsp3) is 0.0667. The van der Waals surface area contributed by atoms with Gasteiger partial charge in [-0.2, -0.15) is 0 Å². The summed E-state index contributed by atoms with van der Waals surface area (Å²) in [5.41, 5.74) is 11.7. The smallest absolute Gasteiger partial charge is 0.143 e. The topological polar surface area (TPSA) is 25.6 Å². The molecule has 0 fully saturated rings. The van der Waals surface area contributed by atoms with E-state index >= 15 is 0 Å². The van der Waals surface area contributed by atoms with Crippen molar-refractivity contribution in [2.45, 2.75) is 19.3 Å². The van der Waals surface area contributed by atoms with E-state index in [0.29, 0.717) is 0 Å². The minimum atomic E-state index is -0.270. The minimum Gasteiger partial charge on any atom is -0.456 e. The van der Waals surface area contributed by atoms with Crippen LogP contribution < -0.4 is 9.64 Å². The van der Waals surface area contributed by atoms with Crippen LogP contribution in [-0.4, -0.2) is 0 Å². The Bertz CT molecular complexity index is 2340. The first kappa shape index (κ1) is 28.2. The van der Waals surface area contributed by atoms with Crippen molar-refractivity contribution in [2.24, 2.45) is 0 Å². The van der Waals surface area contributed by atoms with Crippen LogP contribution in [-0.2, 0) is 5.41 Å². The van der Waals surface area contributed by atoms with Crippen LogP contribution in [0.25, 0.3) is 44.2 Å². The summed E-state index contributed by atoms with van der Waals surface area (Å²) < 4.78 is 13.2. The molecule has 0 bridgehead atoms. The summed E-state index contributed by atoms with van der Waals surface area (Å²) in [5.74, 6) is 1.73. The zero-order chi connectivity index (χ0) is 32.2. The average Bonchev–Trinajstić information content (AvgIpc) is 3.52. The summed E-state index contributed by atoms with van der Waals surface area (Å²) in [6.45, 7) is 4.56. The molecule has 1 aliphatic rings. The Morgan fingerprint density at radius 1 is 0.458 bits per heavy atom. The molecule has 0 amide bonds. The molecule has 0 aliphatic carbocycles. The zero-order valence-corrected chi connectivity index (χ0v) is 26.9. The normalized spacial score (nSPS) is 13.1. The van der Waals surface area contributed by atoms with Crippen molar-refractivity contribution < 1.29 is 9.15 Å². The lowest BCUT2D eigenvalue weighted by atomic mass is 9.75. The van der Waals surface area contributed by atoms with E-state index in [0.717, 1.165) is 61.6 Å². The van der Waals surface area contributed by atoms with Gasteiger partial charge in [0.05, 0.1) is 5.39 Å². The number of para-hydroxylation sites is 1. The van der Waals surface area contributed by atoms with Gasteiger partial charge in [0, 0.05) is 45.1 Å². The molecular weight excluding hydrogens is 587 g/mol. The van der Waals surface area contributed by atoms with Crippen LogP contribution in [0, 0.1) is 0 Å². The Kier molecular flexibility index (Phi) is 6.48. The van der Waals surface area contributed by atoms with Crippen LogP contribution in [0.5, 0.6) is 11.5 Å². The number of anilines is 3. The highest BCUT2D eigenvalue weighted by Gasteiger charge is 2.36. The van der Waals surface area contributed by atoms with E-state index < -0.39 is 0 Å². The van der Waals surface area contributed by atoms with Gasteiger partial charge in [0.1, 0.15) is 22.7 Å². The lowest BCUT2D eigenvalue weighted by Gasteiger charge is -2.36. The number of ether oxygens (including phenoxy) is 1. The van der Waals surface area contributed by atoms with E-state index in [1.165, 1.54) is 22.3 Å². The maximum Gasteiger partial charge on any atom is 0.143 e. The number of benzene rings is 7. The summed E-state index contributed by atoms with van der Waals surface area (Å²) in [7, 11) is 0. The Hall–Kier alpha value is -6.06. The molecule has 230 valence electrons. The summed E-state index contributed by atoms with van der Waals surface area (Å²) in [5, 5.41) is 2.09. The molecule has 8 aromatic rings. The predicted octanol–water partition coefficient (Wildman–Crippen LogP) is 12.8. The maximum atomic E-state index is 6.92. The van der Waals surface area contributed by atoms with Crippen LogP contribution >= 0.6 is 0 Å². The lowest BCUT2D eigenvalue weighted by molar-refractivity contribution is 0.423. The van der Waals surface area contributed by atoms with Crippen molar-refractivity contribution in [1.29, 1.82) is 0 Å². The number of hydrogen-bond acceptors (Lipinski definition) is 3. The predicted molar refractivity (Wildman–Crippen MR) is 198 cm³/mol. The quantitative estimate of drug-likeness (QED) is 0.192. The molecule has 0 N–H and O–H groups in total. The van der Waals surface area contributed by atoms with Crippen molar-refractivity contribution in [3.63, 3.8) is 0 Å². The van der Waals surface area contributed by atoms with Crippen LogP contribution in [0.1, 0.15) is 25.0 Å². The SMILES string of the molecule is CC1(C)c2ccc(N(c3ccc(-c4ccccc4)cc3)c3ccc(-c4ccccc4)cc3)cc2Oc2c1ccc1oc3ccccc3c21. The number of fused-ring (bicyclic) bond motifs is 6. The molecule has 7 aromatic carbocycles. The lowest BCUT2D eigenvalue weighted by Crippen LogP contribution is -2.24. The Labute approximate surface area is 280 Å². The third-order valence-electron chi connectivity index (χ3n) is 9.74. The average molecular weight is 620 g/mol. The zero-order valence-electron chi connectivity index (χ0n) is 26.9. The van der Waals surface area contributed by atoms with Gasteiger partial charge in [0.15, 0.2) is 0 Å². The van der Waals surface area contributed by atoms with Crippen LogP contribution in [0.15, 0.2) is 168 Å². The van der Waals surface area contributed by atoms with Crippen molar-refractivity contribution >= 4 is 39.0 Å². The summed E-state index contributed by atoms with van der Waals surface area (Å²) in [6.07, 6.45) is 0. The second kappa shape index (κ2) is 11.0. The van der Waals surface area contributed by atoms with Gasteiger partial charge in [-0.15, -0.1) is 0 Å². The Balaban J connectivity index is 1.18. The Morgan fingerprint density at radius 3 is 1.60 bits per heavy atom. The molecule has 0 spiro atoms. The molecule has 2 heterocycles. The highest BCUT2D eigenvalue weighted by Crippen LogP contribution is 2.53. The van der Waals surface area contributed by atoms with Crippen LogP contribution in [0.2, 0.25) is 0 Å². The standard InChI is InChI=1S/C45H33NO2/c1-45(2)38-26-25-36(29-42(38)48-44-39(45)27-28-41-43(44)37-15-9-10-16-40(37)47-41)46(34-21-17-32(18-22-34)30-11-5-3-6-12-30)35-23-19-33(20-24-35)31-13-7-4-8-14-31/h3-29H,1-2H3. The van der Waals surface area contributed by atoms with Crippen molar-refractivity contribution in [3.05, 3.63) is 175 Å². The van der Waals surface area contributed by atoms with Gasteiger partial charge in [-0.3, -0.25) is 0 Å². The third kappa shape index (κ3) is 4.58. The summed E-state index contributed by atoms with van der Waals surface area (Å²) in [4.78, 5) is 2.31. The number of nitrogens with zero attached hydrogens (tertiary/aromatic N) is 1. The van der Waals surface area contributed by atoms with Gasteiger partial charge in [-0.25, -0.2) is 0 Å². The van der Waals surface area contributed by atoms with E-state index in [2.05, 4.69) is 170 Å². The summed E-state index contributed by atoms with van der Waals surface area (Å²) >= 11 is 0. The monoisotopic (exact) mass is 619 g/mol. The molecular formula is C45H33NO2. The first-order valence-corrected chi connectivity index (χ1v) is 16.4. The first-order valence-electron chi connectivity index (χ1n) is 16.4. The molecule has 0 atom stereocenters. The molecule has 1 aliphatic heterocycles. The van der Waals surface area contributed by atoms with E-state index in [4.69, 9.17) is 9.15 Å². The largest absolute Gasteiger partial charge is 0.456 e. The highest BCUT2D eigenvalue weighted by molar-refractivity contribution is 6.09. The number of hydrogen-bond donors (Lipinski definition) is 0. The van der Waals surface area contributed by atoms with E-state index in [9.17, 15) is 0 Å². The second-order valence-corrected chi connectivity index (χ2v) is 13.0. The minimum absolute atomic E-state index is 0.270. The molecule has 0 unspecified atom stereocenters. The fourth-order valence-electron chi connectivity index (χ4n) is 7.20. The molecule has 0 radical (unpaired) electrons. The van der Waals surface area contributed by atoms with Gasteiger partial charge < -0.3 is 14.1 Å². The molecule has 3 heteroatoms. The second-order valence-electron chi connectivity index (χ2n) is 13.0. The maximum absolute atomic E-state index is 6.92. The summed E-state index contributed by atoms with van der Waals surface area (Å²) in [6, 6.07) is 57.7. The molecule has 9 rings (SSSR count). The van der Waals surface area contributed by atoms with Crippen molar-refractivity contribution in [2.75, 3.05) is 4.90 Å². The number of furan rings is 1. The number of rotatable bonds is 5. The first-order chi connectivity index (χ1) is 23.5. The van der Waals surface area contributed by atoms with Gasteiger partial charge in [0.2, 0.25) is 0 Å². The molecule has 3 nitrogen and oxygen atoms in total.